The van der Waals surface area contributed by atoms with Gasteiger partial charge in [0.05, 0.1) is 18.2 Å². The largest absolute Gasteiger partial charge is 0.490 e. The van der Waals surface area contributed by atoms with Gasteiger partial charge in [0.25, 0.3) is 5.91 Å². The highest BCUT2D eigenvalue weighted by atomic mass is 32.1. The third kappa shape index (κ3) is 9.86. The Morgan fingerprint density at radius 1 is 1.05 bits per heavy atom. The van der Waals surface area contributed by atoms with Crippen LogP contribution in [0.1, 0.15) is 16.1 Å². The lowest BCUT2D eigenvalue weighted by Gasteiger charge is -2.19. The van der Waals surface area contributed by atoms with E-state index in [0.717, 1.165) is 26.2 Å². The number of rotatable bonds is 5. The number of aliphatic carboxylic acids is 2. The highest BCUT2D eigenvalue weighted by Crippen LogP contribution is 2.34. The first-order chi connectivity index (χ1) is 17.7. The van der Waals surface area contributed by atoms with Gasteiger partial charge in [-0.05, 0) is 17.7 Å². The number of hydrogen-bond donors (Lipinski definition) is 3. The topological polar surface area (TPSA) is 142 Å². The van der Waals surface area contributed by atoms with Crippen LogP contribution < -0.4 is 5.32 Å². The molecule has 0 bridgehead atoms. The van der Waals surface area contributed by atoms with Crippen LogP contribution in [0.5, 0.6) is 0 Å². The minimum Gasteiger partial charge on any atom is -0.475 e. The van der Waals surface area contributed by atoms with Crippen molar-refractivity contribution in [2.24, 2.45) is 11.8 Å². The average Bonchev–Trinajstić information content (AvgIpc) is 3.56. The molecule has 1 amide bonds. The van der Waals surface area contributed by atoms with E-state index in [-0.39, 0.29) is 12.0 Å². The summed E-state index contributed by atoms with van der Waals surface area (Å²) < 4.78 is 69.4. The molecule has 0 radical (unpaired) electrons. The summed E-state index contributed by atoms with van der Waals surface area (Å²) in [5.41, 5.74) is 3.46. The summed E-state index contributed by atoms with van der Waals surface area (Å²) in [6, 6.07) is 4.11. The molecule has 38 heavy (non-hydrogen) atoms. The van der Waals surface area contributed by atoms with Crippen LogP contribution in [-0.2, 0) is 20.9 Å². The molecule has 0 aliphatic carbocycles. The maximum absolute atomic E-state index is 12.0. The number of thiazole rings is 1. The normalized spacial score (nSPS) is 20.8. The van der Waals surface area contributed by atoms with Crippen molar-refractivity contribution < 1.29 is 55.7 Å². The maximum Gasteiger partial charge on any atom is 0.490 e. The molecule has 0 saturated carbocycles. The number of ether oxygens (including phenoxy) is 1. The van der Waals surface area contributed by atoms with Crippen molar-refractivity contribution in [3.05, 3.63) is 46.7 Å². The standard InChI is InChI=1S/C17H20N4O2S.2C2HF3O2/c22-17(15-10-24-11-20-15)19-5-13-9-23-16-8-21(7-14(13)16)6-12-1-3-18-4-2-12;2*3-2(4,5)1(6)7/h1-4,10-11,13-14,16H,5-9H2,(H,19,22);2*(H,6,7)/t13-,14-,16-;;/m1../s1. The van der Waals surface area contributed by atoms with Gasteiger partial charge < -0.3 is 20.3 Å². The number of likely N-dealkylation sites (tertiary alicyclic amines) is 1. The van der Waals surface area contributed by atoms with E-state index in [1.54, 1.807) is 10.9 Å². The first-order valence-electron chi connectivity index (χ1n) is 10.7. The number of nitrogens with one attached hydrogen (secondary N) is 1. The van der Waals surface area contributed by atoms with Crippen LogP contribution in [0.3, 0.4) is 0 Å². The van der Waals surface area contributed by atoms with E-state index in [1.807, 2.05) is 12.4 Å². The van der Waals surface area contributed by atoms with Crippen LogP contribution in [0.25, 0.3) is 0 Å². The van der Waals surface area contributed by atoms with Crippen LogP contribution in [-0.4, -0.2) is 87.6 Å². The van der Waals surface area contributed by atoms with E-state index >= 15 is 0 Å². The van der Waals surface area contributed by atoms with Gasteiger partial charge in [-0.2, -0.15) is 26.3 Å². The molecule has 2 aliphatic heterocycles. The Hall–Kier alpha value is -3.31. The lowest BCUT2D eigenvalue weighted by Crippen LogP contribution is -2.34. The average molecular weight is 572 g/mol. The quantitative estimate of drug-likeness (QED) is 0.461. The summed E-state index contributed by atoms with van der Waals surface area (Å²) >= 11 is 1.43. The number of nitrogens with zero attached hydrogens (tertiary/aromatic N) is 3. The van der Waals surface area contributed by atoms with E-state index in [2.05, 4.69) is 32.3 Å². The molecular formula is C21H22F6N4O6S. The summed E-state index contributed by atoms with van der Waals surface area (Å²) in [5, 5.41) is 19.0. The van der Waals surface area contributed by atoms with Gasteiger partial charge in [0.15, 0.2) is 0 Å². The number of pyridine rings is 1. The molecule has 2 aromatic rings. The highest BCUT2D eigenvalue weighted by molar-refractivity contribution is 7.07. The molecule has 4 heterocycles. The lowest BCUT2D eigenvalue weighted by molar-refractivity contribution is -0.193. The Labute approximate surface area is 215 Å². The van der Waals surface area contributed by atoms with Crippen molar-refractivity contribution in [2.75, 3.05) is 26.2 Å². The summed E-state index contributed by atoms with van der Waals surface area (Å²) in [5.74, 6) is -4.74. The summed E-state index contributed by atoms with van der Waals surface area (Å²) in [6.07, 6.45) is -6.22. The fourth-order valence-corrected chi connectivity index (χ4v) is 4.14. The van der Waals surface area contributed by atoms with Gasteiger partial charge in [-0.3, -0.25) is 14.7 Å². The van der Waals surface area contributed by atoms with Gasteiger partial charge in [0, 0.05) is 55.8 Å². The number of carbonyl (C=O) groups excluding carboxylic acids is 1. The monoisotopic (exact) mass is 572 g/mol. The van der Waals surface area contributed by atoms with Gasteiger partial charge in [0.2, 0.25) is 0 Å². The highest BCUT2D eigenvalue weighted by Gasteiger charge is 2.43. The molecule has 2 aromatic heterocycles. The van der Waals surface area contributed by atoms with Gasteiger partial charge in [-0.25, -0.2) is 14.6 Å². The molecule has 210 valence electrons. The number of fused-ring (bicyclic) bond motifs is 1. The van der Waals surface area contributed by atoms with Crippen molar-refractivity contribution in [3.63, 3.8) is 0 Å². The number of hydrogen-bond acceptors (Lipinski definition) is 8. The molecular weight excluding hydrogens is 550 g/mol. The molecule has 3 atom stereocenters. The van der Waals surface area contributed by atoms with Crippen LogP contribution in [0.2, 0.25) is 0 Å². The molecule has 4 rings (SSSR count). The summed E-state index contributed by atoms with van der Waals surface area (Å²) in [6.45, 7) is 4.29. The number of carboxylic acid groups (broad SMARTS) is 2. The minimum absolute atomic E-state index is 0.0914. The zero-order valence-corrected chi connectivity index (χ0v) is 20.1. The smallest absolute Gasteiger partial charge is 0.475 e. The third-order valence-corrected chi connectivity index (χ3v) is 5.93. The molecule has 17 heteroatoms. The molecule has 2 fully saturated rings. The fraction of sp³-hybridized carbons (Fsp3) is 0.476. The predicted molar refractivity (Wildman–Crippen MR) is 118 cm³/mol. The number of alkyl halides is 6. The van der Waals surface area contributed by atoms with Crippen LogP contribution in [0.15, 0.2) is 35.4 Å². The first kappa shape index (κ1) is 30.9. The fourth-order valence-electron chi connectivity index (χ4n) is 3.60. The second kappa shape index (κ2) is 13.5. The Balaban J connectivity index is 0.000000301. The molecule has 10 nitrogen and oxygen atoms in total. The van der Waals surface area contributed by atoms with Crippen LogP contribution >= 0.6 is 11.3 Å². The van der Waals surface area contributed by atoms with E-state index in [9.17, 15) is 31.1 Å². The van der Waals surface area contributed by atoms with E-state index in [4.69, 9.17) is 24.5 Å². The predicted octanol–water partition coefficient (Wildman–Crippen LogP) is 2.68. The van der Waals surface area contributed by atoms with E-state index in [1.165, 1.54) is 16.9 Å². The Kier molecular flexibility index (Phi) is 11.0. The zero-order chi connectivity index (χ0) is 28.5. The second-order valence-electron chi connectivity index (χ2n) is 8.03. The van der Waals surface area contributed by atoms with Gasteiger partial charge in [-0.15, -0.1) is 11.3 Å². The molecule has 3 N–H and O–H groups in total. The van der Waals surface area contributed by atoms with Crippen molar-refractivity contribution in [3.8, 4) is 0 Å². The Morgan fingerprint density at radius 2 is 1.63 bits per heavy atom. The van der Waals surface area contributed by atoms with Crippen molar-refractivity contribution in [1.82, 2.24) is 20.2 Å². The van der Waals surface area contributed by atoms with Gasteiger partial charge >= 0.3 is 24.3 Å². The van der Waals surface area contributed by atoms with E-state index < -0.39 is 24.3 Å². The van der Waals surface area contributed by atoms with Gasteiger partial charge in [-0.1, -0.05) is 0 Å². The number of carboxylic acids is 2. The maximum atomic E-state index is 12.0. The number of carbonyl (C=O) groups is 3. The van der Waals surface area contributed by atoms with Crippen molar-refractivity contribution >= 4 is 29.2 Å². The van der Waals surface area contributed by atoms with E-state index in [0.29, 0.717) is 24.1 Å². The third-order valence-electron chi connectivity index (χ3n) is 5.34. The SMILES string of the molecule is O=C(NC[C@@H]1CO[C@@H]2CN(Cc3ccncc3)C[C@H]12)c1cscn1.O=C(O)C(F)(F)F.O=C(O)C(F)(F)F. The van der Waals surface area contributed by atoms with Gasteiger partial charge in [0.1, 0.15) is 5.69 Å². The Morgan fingerprint density at radius 3 is 2.13 bits per heavy atom. The van der Waals surface area contributed by atoms with Crippen molar-refractivity contribution in [2.45, 2.75) is 25.0 Å². The molecule has 0 aromatic carbocycles. The summed E-state index contributed by atoms with van der Waals surface area (Å²) in [7, 11) is 0. The number of aromatic nitrogens is 2. The Bertz CT molecular complexity index is 1030. The molecule has 0 unspecified atom stereocenters. The molecule has 0 spiro atoms. The van der Waals surface area contributed by atoms with Crippen LogP contribution in [0.4, 0.5) is 26.3 Å². The first-order valence-corrected chi connectivity index (χ1v) is 11.6. The zero-order valence-electron chi connectivity index (χ0n) is 19.3. The molecule has 2 aliphatic rings. The number of amides is 1. The lowest BCUT2D eigenvalue weighted by atomic mass is 9.93. The minimum atomic E-state index is -5.08. The molecule has 2 saturated heterocycles. The summed E-state index contributed by atoms with van der Waals surface area (Å²) in [4.78, 5) is 40.4. The second-order valence-corrected chi connectivity index (χ2v) is 8.75. The number of halogens is 6. The van der Waals surface area contributed by atoms with Crippen molar-refractivity contribution in [1.29, 1.82) is 0 Å². The van der Waals surface area contributed by atoms with Crippen LogP contribution in [0, 0.1) is 11.8 Å².